The Hall–Kier alpha value is -0.930. The second kappa shape index (κ2) is 4.07. The molecule has 0 saturated carbocycles. The molecule has 1 aliphatic heterocycles. The van der Waals surface area contributed by atoms with E-state index in [1.54, 1.807) is 0 Å². The Balaban J connectivity index is 2.08. The molecule has 3 heteroatoms. The summed E-state index contributed by atoms with van der Waals surface area (Å²) in [5.41, 5.74) is 2.71. The van der Waals surface area contributed by atoms with Crippen molar-refractivity contribution in [2.24, 2.45) is 0 Å². The minimum absolute atomic E-state index is 0.231. The number of rotatable bonds is 1. The Morgan fingerprint density at radius 1 is 1.41 bits per heavy atom. The van der Waals surface area contributed by atoms with Crippen molar-refractivity contribution in [2.45, 2.75) is 32.1 Å². The van der Waals surface area contributed by atoms with Crippen LogP contribution >= 0.6 is 11.3 Å². The zero-order chi connectivity index (χ0) is 11.9. The van der Waals surface area contributed by atoms with Gasteiger partial charge in [-0.3, -0.25) is 0 Å². The van der Waals surface area contributed by atoms with E-state index >= 15 is 0 Å². The van der Waals surface area contributed by atoms with Crippen LogP contribution in [0.3, 0.4) is 0 Å². The number of piperidine rings is 1. The van der Waals surface area contributed by atoms with Crippen LogP contribution in [-0.2, 0) is 5.41 Å². The van der Waals surface area contributed by atoms with E-state index < -0.39 is 0 Å². The first-order valence-corrected chi connectivity index (χ1v) is 7.08. The Bertz CT molecular complexity index is 538. The molecule has 2 nitrogen and oxygen atoms in total. The summed E-state index contributed by atoms with van der Waals surface area (Å²) in [4.78, 5) is 4.89. The van der Waals surface area contributed by atoms with Crippen molar-refractivity contribution in [1.29, 1.82) is 0 Å². The lowest BCUT2D eigenvalue weighted by molar-refractivity contribution is 0.339. The maximum Gasteiger partial charge on any atom is 0.101 e. The monoisotopic (exact) mass is 246 g/mol. The fraction of sp³-hybridized carbons (Fsp3) is 0.500. The van der Waals surface area contributed by atoms with Gasteiger partial charge in [-0.25, -0.2) is 4.98 Å². The molecule has 0 bridgehead atoms. The fourth-order valence-electron chi connectivity index (χ4n) is 2.58. The predicted octanol–water partition coefficient (Wildman–Crippen LogP) is 3.25. The fourth-order valence-corrected chi connectivity index (χ4v) is 3.80. The second-order valence-electron chi connectivity index (χ2n) is 5.28. The molecule has 1 fully saturated rings. The molecule has 90 valence electrons. The summed E-state index contributed by atoms with van der Waals surface area (Å²) in [6.07, 6.45) is 2.50. The van der Waals surface area contributed by atoms with Crippen LogP contribution < -0.4 is 5.32 Å². The third kappa shape index (κ3) is 1.87. The molecule has 1 aliphatic rings. The van der Waals surface area contributed by atoms with E-state index in [4.69, 9.17) is 4.98 Å². The van der Waals surface area contributed by atoms with Gasteiger partial charge in [-0.1, -0.05) is 19.1 Å². The largest absolute Gasteiger partial charge is 0.316 e. The number of hydrogen-bond acceptors (Lipinski definition) is 3. The van der Waals surface area contributed by atoms with Crippen LogP contribution in [-0.4, -0.2) is 18.1 Å². The highest BCUT2D eigenvalue weighted by Crippen LogP contribution is 2.36. The summed E-state index contributed by atoms with van der Waals surface area (Å²) in [5, 5.41) is 4.80. The average Bonchev–Trinajstić information content (AvgIpc) is 2.76. The molecular formula is C14H18N2S. The normalized spacial score (nSPS) is 25.3. The lowest BCUT2D eigenvalue weighted by Gasteiger charge is -2.32. The first-order chi connectivity index (χ1) is 8.19. The van der Waals surface area contributed by atoms with E-state index in [0.29, 0.717) is 0 Å². The van der Waals surface area contributed by atoms with Gasteiger partial charge in [0.25, 0.3) is 0 Å². The maximum absolute atomic E-state index is 4.89. The molecule has 1 saturated heterocycles. The van der Waals surface area contributed by atoms with E-state index in [2.05, 4.69) is 37.4 Å². The molecule has 2 heterocycles. The minimum atomic E-state index is 0.231. The topological polar surface area (TPSA) is 24.9 Å². The molecule has 17 heavy (non-hydrogen) atoms. The van der Waals surface area contributed by atoms with Crippen molar-refractivity contribution < 1.29 is 0 Å². The van der Waals surface area contributed by atoms with E-state index in [1.165, 1.54) is 33.6 Å². The predicted molar refractivity (Wildman–Crippen MR) is 73.8 cm³/mol. The van der Waals surface area contributed by atoms with Gasteiger partial charge in [-0.05, 0) is 37.9 Å². The van der Waals surface area contributed by atoms with Gasteiger partial charge in [-0.2, -0.15) is 0 Å². The molecule has 1 unspecified atom stereocenters. The van der Waals surface area contributed by atoms with Gasteiger partial charge in [-0.15, -0.1) is 11.3 Å². The number of aryl methyl sites for hydroxylation is 1. The van der Waals surface area contributed by atoms with Crippen LogP contribution in [0.5, 0.6) is 0 Å². The van der Waals surface area contributed by atoms with Gasteiger partial charge in [0.05, 0.1) is 10.2 Å². The van der Waals surface area contributed by atoms with Crippen LogP contribution in [0.15, 0.2) is 18.2 Å². The lowest BCUT2D eigenvalue weighted by Crippen LogP contribution is -2.40. The van der Waals surface area contributed by atoms with Crippen LogP contribution in [0.2, 0.25) is 0 Å². The molecule has 0 spiro atoms. The molecule has 2 aromatic rings. The van der Waals surface area contributed by atoms with Gasteiger partial charge < -0.3 is 5.32 Å². The summed E-state index contributed by atoms with van der Waals surface area (Å²) in [5.74, 6) is 0. The Morgan fingerprint density at radius 2 is 2.29 bits per heavy atom. The maximum atomic E-state index is 4.89. The van der Waals surface area contributed by atoms with Gasteiger partial charge >= 0.3 is 0 Å². The van der Waals surface area contributed by atoms with Crippen LogP contribution in [0.4, 0.5) is 0 Å². The van der Waals surface area contributed by atoms with Gasteiger partial charge in [0.1, 0.15) is 5.01 Å². The number of thiazole rings is 1. The second-order valence-corrected chi connectivity index (χ2v) is 6.31. The summed E-state index contributed by atoms with van der Waals surface area (Å²) < 4.78 is 1.33. The minimum Gasteiger partial charge on any atom is -0.316 e. The van der Waals surface area contributed by atoms with Gasteiger partial charge in [0.15, 0.2) is 0 Å². The summed E-state index contributed by atoms with van der Waals surface area (Å²) in [6, 6.07) is 6.46. The van der Waals surface area contributed by atoms with Crippen LogP contribution in [0, 0.1) is 6.92 Å². The number of aromatic nitrogens is 1. The van der Waals surface area contributed by atoms with Gasteiger partial charge in [0.2, 0.25) is 0 Å². The first kappa shape index (κ1) is 11.2. The van der Waals surface area contributed by atoms with E-state index in [9.17, 15) is 0 Å². The lowest BCUT2D eigenvalue weighted by atomic mass is 9.83. The summed E-state index contributed by atoms with van der Waals surface area (Å²) in [7, 11) is 0. The Labute approximate surface area is 106 Å². The number of hydrogen-bond donors (Lipinski definition) is 1. The summed E-state index contributed by atoms with van der Waals surface area (Å²) in [6.45, 7) is 6.70. The number of fused-ring (bicyclic) bond motifs is 1. The van der Waals surface area contributed by atoms with E-state index in [0.717, 1.165) is 13.1 Å². The number of benzene rings is 1. The van der Waals surface area contributed by atoms with Crippen molar-refractivity contribution in [3.05, 3.63) is 28.8 Å². The Morgan fingerprint density at radius 3 is 3.00 bits per heavy atom. The third-order valence-corrected chi connectivity index (χ3v) is 5.06. The molecule has 0 aliphatic carbocycles. The molecule has 0 amide bonds. The molecule has 1 N–H and O–H groups in total. The Kier molecular flexibility index (Phi) is 2.68. The highest BCUT2D eigenvalue weighted by atomic mass is 32.1. The highest BCUT2D eigenvalue weighted by molar-refractivity contribution is 7.18. The molecule has 3 rings (SSSR count). The van der Waals surface area contributed by atoms with E-state index in [-0.39, 0.29) is 5.41 Å². The van der Waals surface area contributed by atoms with Crippen molar-refractivity contribution >= 4 is 21.6 Å². The average molecular weight is 246 g/mol. The van der Waals surface area contributed by atoms with Crippen molar-refractivity contribution in [1.82, 2.24) is 10.3 Å². The van der Waals surface area contributed by atoms with E-state index in [1.807, 2.05) is 11.3 Å². The molecule has 1 aromatic carbocycles. The van der Waals surface area contributed by atoms with Crippen molar-refractivity contribution in [3.8, 4) is 0 Å². The van der Waals surface area contributed by atoms with Crippen LogP contribution in [0.1, 0.15) is 30.3 Å². The van der Waals surface area contributed by atoms with Crippen molar-refractivity contribution in [2.75, 3.05) is 13.1 Å². The first-order valence-electron chi connectivity index (χ1n) is 6.26. The zero-order valence-corrected chi connectivity index (χ0v) is 11.2. The molecular weight excluding hydrogens is 228 g/mol. The van der Waals surface area contributed by atoms with Crippen molar-refractivity contribution in [3.63, 3.8) is 0 Å². The number of nitrogens with one attached hydrogen (secondary N) is 1. The SMILES string of the molecule is Cc1cccc2sc(C3(C)CCCNC3)nc12. The quantitative estimate of drug-likeness (QED) is 0.835. The molecule has 0 radical (unpaired) electrons. The molecule has 1 atom stereocenters. The molecule has 1 aromatic heterocycles. The summed E-state index contributed by atoms with van der Waals surface area (Å²) >= 11 is 1.87. The third-order valence-electron chi connectivity index (χ3n) is 3.73. The highest BCUT2D eigenvalue weighted by Gasteiger charge is 2.31. The zero-order valence-electron chi connectivity index (χ0n) is 10.4. The van der Waals surface area contributed by atoms with Gasteiger partial charge in [0, 0.05) is 12.0 Å². The van der Waals surface area contributed by atoms with Crippen LogP contribution in [0.25, 0.3) is 10.2 Å². The standard InChI is InChI=1S/C14H18N2S/c1-10-5-3-6-11-12(10)16-13(17-11)14(2)7-4-8-15-9-14/h3,5-6,15H,4,7-9H2,1-2H3. The number of para-hydroxylation sites is 1. The smallest absolute Gasteiger partial charge is 0.101 e. The number of nitrogens with zero attached hydrogens (tertiary/aromatic N) is 1.